The van der Waals surface area contributed by atoms with Crippen molar-refractivity contribution >= 4 is 21.6 Å². The summed E-state index contributed by atoms with van der Waals surface area (Å²) >= 11 is 0. The summed E-state index contributed by atoms with van der Waals surface area (Å²) in [6.45, 7) is 0.488. The van der Waals surface area contributed by atoms with Crippen LogP contribution in [-0.2, 0) is 14.8 Å². The van der Waals surface area contributed by atoms with Gasteiger partial charge in [-0.2, -0.15) is 4.31 Å². The van der Waals surface area contributed by atoms with E-state index in [2.05, 4.69) is 0 Å². The number of amides is 1. The number of piperidine rings is 1. The highest BCUT2D eigenvalue weighted by atomic mass is 32.2. The lowest BCUT2D eigenvalue weighted by Crippen LogP contribution is -2.44. The van der Waals surface area contributed by atoms with E-state index in [9.17, 15) is 13.2 Å². The van der Waals surface area contributed by atoms with E-state index >= 15 is 0 Å². The van der Waals surface area contributed by atoms with Gasteiger partial charge in [0.25, 0.3) is 0 Å². The molecule has 1 saturated heterocycles. The van der Waals surface area contributed by atoms with Gasteiger partial charge in [0, 0.05) is 13.1 Å². The molecule has 1 aliphatic heterocycles. The molecule has 0 saturated carbocycles. The lowest BCUT2D eigenvalue weighted by Gasteiger charge is -2.30. The molecule has 1 atom stereocenters. The van der Waals surface area contributed by atoms with Crippen molar-refractivity contribution in [3.8, 4) is 5.75 Å². The van der Waals surface area contributed by atoms with Gasteiger partial charge in [-0.15, -0.1) is 0 Å². The molecule has 116 valence electrons. The van der Waals surface area contributed by atoms with Crippen LogP contribution in [0.25, 0.3) is 0 Å². The summed E-state index contributed by atoms with van der Waals surface area (Å²) in [5.74, 6) is -0.490. The number of nitrogen functional groups attached to an aromatic ring is 1. The third kappa shape index (κ3) is 3.11. The minimum Gasteiger partial charge on any atom is -0.495 e. The molecule has 0 radical (unpaired) electrons. The second-order valence-corrected chi connectivity index (χ2v) is 6.95. The summed E-state index contributed by atoms with van der Waals surface area (Å²) < 4.78 is 31.5. The van der Waals surface area contributed by atoms with Crippen LogP contribution in [0.1, 0.15) is 12.8 Å². The molecular formula is C13H19N3O4S. The smallest absolute Gasteiger partial charge is 0.243 e. The van der Waals surface area contributed by atoms with Crippen LogP contribution in [0.2, 0.25) is 0 Å². The number of methoxy groups -OCH3 is 1. The van der Waals surface area contributed by atoms with Crippen LogP contribution in [0.3, 0.4) is 0 Å². The average Bonchev–Trinajstić information content (AvgIpc) is 2.47. The maximum atomic E-state index is 12.6. The fraction of sp³-hybridized carbons (Fsp3) is 0.462. The molecule has 1 aromatic rings. The van der Waals surface area contributed by atoms with Gasteiger partial charge < -0.3 is 16.2 Å². The monoisotopic (exact) mass is 313 g/mol. The second kappa shape index (κ2) is 5.90. The predicted octanol–water partition coefficient (Wildman–Crippen LogP) is 0.163. The average molecular weight is 313 g/mol. The number of carbonyl (C=O) groups is 1. The van der Waals surface area contributed by atoms with Crippen LogP contribution < -0.4 is 16.2 Å². The SMILES string of the molecule is COc1ccc(S(=O)(=O)N2CCCC(C(N)=O)C2)cc1N. The van der Waals surface area contributed by atoms with Crippen molar-refractivity contribution < 1.29 is 17.9 Å². The molecule has 0 aliphatic carbocycles. The largest absolute Gasteiger partial charge is 0.495 e. The van der Waals surface area contributed by atoms with Crippen LogP contribution in [-0.4, -0.2) is 38.8 Å². The fourth-order valence-corrected chi connectivity index (χ4v) is 3.97. The molecule has 1 amide bonds. The first-order chi connectivity index (χ1) is 9.86. The number of anilines is 1. The maximum Gasteiger partial charge on any atom is 0.243 e. The van der Waals surface area contributed by atoms with E-state index in [1.807, 2.05) is 0 Å². The maximum absolute atomic E-state index is 12.6. The molecule has 2 rings (SSSR count). The van der Waals surface area contributed by atoms with E-state index < -0.39 is 21.8 Å². The summed E-state index contributed by atoms with van der Waals surface area (Å²) in [6, 6.07) is 4.32. The Labute approximate surface area is 123 Å². The number of nitrogens with two attached hydrogens (primary N) is 2. The molecule has 4 N–H and O–H groups in total. The number of rotatable bonds is 4. The first kappa shape index (κ1) is 15.6. The van der Waals surface area contributed by atoms with Crippen molar-refractivity contribution in [1.82, 2.24) is 4.31 Å². The zero-order chi connectivity index (χ0) is 15.6. The zero-order valence-electron chi connectivity index (χ0n) is 11.8. The molecule has 21 heavy (non-hydrogen) atoms. The van der Waals surface area contributed by atoms with Crippen LogP contribution in [0.15, 0.2) is 23.1 Å². The van der Waals surface area contributed by atoms with Crippen LogP contribution in [0, 0.1) is 5.92 Å². The number of hydrogen-bond donors (Lipinski definition) is 2. The molecule has 1 heterocycles. The molecule has 0 spiro atoms. The zero-order valence-corrected chi connectivity index (χ0v) is 12.6. The van der Waals surface area contributed by atoms with E-state index in [4.69, 9.17) is 16.2 Å². The van der Waals surface area contributed by atoms with E-state index in [1.54, 1.807) is 0 Å². The van der Waals surface area contributed by atoms with Gasteiger partial charge in [0.1, 0.15) is 5.75 Å². The topological polar surface area (TPSA) is 116 Å². The number of primary amides is 1. The molecule has 8 heteroatoms. The Morgan fingerprint density at radius 3 is 2.71 bits per heavy atom. The van der Waals surface area contributed by atoms with Gasteiger partial charge in [-0.1, -0.05) is 0 Å². The van der Waals surface area contributed by atoms with Gasteiger partial charge in [0.15, 0.2) is 0 Å². The van der Waals surface area contributed by atoms with E-state index in [0.29, 0.717) is 25.1 Å². The number of sulfonamides is 1. The predicted molar refractivity (Wildman–Crippen MR) is 78.1 cm³/mol. The van der Waals surface area contributed by atoms with Crippen LogP contribution >= 0.6 is 0 Å². The van der Waals surface area contributed by atoms with Gasteiger partial charge in [-0.25, -0.2) is 8.42 Å². The highest BCUT2D eigenvalue weighted by molar-refractivity contribution is 7.89. The van der Waals surface area contributed by atoms with Gasteiger partial charge in [0.2, 0.25) is 15.9 Å². The summed E-state index contributed by atoms with van der Waals surface area (Å²) in [7, 11) is -2.23. The number of hydrogen-bond acceptors (Lipinski definition) is 5. The van der Waals surface area contributed by atoms with Gasteiger partial charge >= 0.3 is 0 Å². The fourth-order valence-electron chi connectivity index (χ4n) is 2.41. The van der Waals surface area contributed by atoms with Gasteiger partial charge in [0.05, 0.1) is 23.6 Å². The minimum absolute atomic E-state index is 0.0888. The van der Waals surface area contributed by atoms with Crippen molar-refractivity contribution in [1.29, 1.82) is 0 Å². The Kier molecular flexibility index (Phi) is 4.38. The van der Waals surface area contributed by atoms with E-state index in [1.165, 1.54) is 29.6 Å². The normalized spacial score (nSPS) is 20.1. The summed E-state index contributed by atoms with van der Waals surface area (Å²) in [6.07, 6.45) is 1.23. The molecule has 0 aromatic heterocycles. The third-order valence-electron chi connectivity index (χ3n) is 3.63. The lowest BCUT2D eigenvalue weighted by atomic mass is 9.99. The molecule has 0 bridgehead atoms. The Hall–Kier alpha value is -1.80. The van der Waals surface area contributed by atoms with Crippen molar-refractivity contribution in [3.63, 3.8) is 0 Å². The third-order valence-corrected chi connectivity index (χ3v) is 5.49. The van der Waals surface area contributed by atoms with Gasteiger partial charge in [-0.3, -0.25) is 4.79 Å². The Morgan fingerprint density at radius 1 is 1.43 bits per heavy atom. The number of benzene rings is 1. The standard InChI is InChI=1S/C13H19N3O4S/c1-20-12-5-4-10(7-11(12)14)21(18,19)16-6-2-3-9(8-16)13(15)17/h4-5,7,9H,2-3,6,8,14H2,1H3,(H2,15,17). The number of carbonyl (C=O) groups excluding carboxylic acids is 1. The molecule has 1 fully saturated rings. The first-order valence-electron chi connectivity index (χ1n) is 6.59. The first-order valence-corrected chi connectivity index (χ1v) is 8.03. The summed E-state index contributed by atoms with van der Waals surface area (Å²) in [5, 5.41) is 0. The lowest BCUT2D eigenvalue weighted by molar-refractivity contribution is -0.122. The highest BCUT2D eigenvalue weighted by Gasteiger charge is 2.32. The number of nitrogens with zero attached hydrogens (tertiary/aromatic N) is 1. The van der Waals surface area contributed by atoms with Crippen LogP contribution in [0.5, 0.6) is 5.75 Å². The molecular weight excluding hydrogens is 294 g/mol. The highest BCUT2D eigenvalue weighted by Crippen LogP contribution is 2.28. The van der Waals surface area contributed by atoms with E-state index in [0.717, 1.165) is 0 Å². The quantitative estimate of drug-likeness (QED) is 0.768. The van der Waals surface area contributed by atoms with Crippen molar-refractivity contribution in [2.24, 2.45) is 11.7 Å². The van der Waals surface area contributed by atoms with Crippen molar-refractivity contribution in [2.45, 2.75) is 17.7 Å². The van der Waals surface area contributed by atoms with Crippen molar-refractivity contribution in [2.75, 3.05) is 25.9 Å². The number of ether oxygens (including phenoxy) is 1. The molecule has 1 unspecified atom stereocenters. The Bertz CT molecular complexity index is 645. The summed E-state index contributed by atoms with van der Waals surface area (Å²) in [5.41, 5.74) is 11.3. The Balaban J connectivity index is 2.29. The Morgan fingerprint density at radius 2 is 2.14 bits per heavy atom. The molecule has 1 aliphatic rings. The second-order valence-electron chi connectivity index (χ2n) is 5.01. The molecule has 7 nitrogen and oxygen atoms in total. The van der Waals surface area contributed by atoms with Crippen molar-refractivity contribution in [3.05, 3.63) is 18.2 Å². The summed E-state index contributed by atoms with van der Waals surface area (Å²) in [4.78, 5) is 11.4. The minimum atomic E-state index is -3.69. The van der Waals surface area contributed by atoms with Gasteiger partial charge in [-0.05, 0) is 31.0 Å². The van der Waals surface area contributed by atoms with Crippen LogP contribution in [0.4, 0.5) is 5.69 Å². The van der Waals surface area contributed by atoms with E-state index in [-0.39, 0.29) is 17.1 Å². The molecule has 1 aromatic carbocycles.